The van der Waals surface area contributed by atoms with Crippen LogP contribution in [0.15, 0.2) is 188 Å². The molecule has 0 amide bonds. The molecule has 13 rings (SSSR count). The van der Waals surface area contributed by atoms with Crippen LogP contribution < -0.4 is 37.7 Å². The zero-order chi connectivity index (χ0) is 42.1. The molecule has 2 aromatic heterocycles. The minimum Gasteiger partial charge on any atom is -0.313 e. The first-order valence-corrected chi connectivity index (χ1v) is 22.3. The van der Waals surface area contributed by atoms with Crippen LogP contribution in [0, 0.1) is 27.7 Å². The van der Waals surface area contributed by atoms with E-state index in [1.54, 1.807) is 0 Å². The van der Waals surface area contributed by atoms with Crippen LogP contribution in [0.1, 0.15) is 22.3 Å². The highest BCUT2D eigenvalue weighted by Gasteiger charge is 2.44. The summed E-state index contributed by atoms with van der Waals surface area (Å²) in [6, 6.07) is 70.4. The molecule has 0 N–H and O–H groups in total. The number of hydrogen-bond acceptors (Lipinski definition) is 1. The van der Waals surface area contributed by atoms with Crippen LogP contribution in [0.4, 0.5) is 17.1 Å². The van der Waals surface area contributed by atoms with Gasteiger partial charge in [0, 0.05) is 50.0 Å². The molecule has 0 radical (unpaired) electrons. The molecule has 5 heteroatoms. The Morgan fingerprint density at radius 1 is 0.317 bits per heavy atom. The first-order valence-electron chi connectivity index (χ1n) is 22.3. The maximum atomic E-state index is 2.58. The van der Waals surface area contributed by atoms with Crippen molar-refractivity contribution in [1.29, 1.82) is 0 Å². The van der Waals surface area contributed by atoms with Crippen LogP contribution in [0.25, 0.3) is 55.0 Å². The van der Waals surface area contributed by atoms with Gasteiger partial charge in [-0.05, 0) is 110 Å². The number of rotatable bonds is 4. The van der Waals surface area contributed by atoms with Gasteiger partial charge in [-0.1, -0.05) is 161 Å². The van der Waals surface area contributed by atoms with Gasteiger partial charge in [-0.2, -0.15) is 0 Å². The van der Waals surface area contributed by atoms with Gasteiger partial charge in [0.25, 0.3) is 0 Å². The number of benzene rings is 9. The van der Waals surface area contributed by atoms with Crippen molar-refractivity contribution in [3.05, 3.63) is 210 Å². The highest BCUT2D eigenvalue weighted by atomic mass is 15.2. The zero-order valence-corrected chi connectivity index (χ0v) is 35.9. The fraction of sp³-hybridized carbons (Fsp3) is 0.0690. The third kappa shape index (κ3) is 5.05. The van der Waals surface area contributed by atoms with Crippen molar-refractivity contribution in [1.82, 2.24) is 9.13 Å². The second-order valence-electron chi connectivity index (χ2n) is 17.8. The van der Waals surface area contributed by atoms with Gasteiger partial charge in [0.2, 0.25) is 13.4 Å². The number of para-hydroxylation sites is 7. The van der Waals surface area contributed by atoms with Gasteiger partial charge >= 0.3 is 0 Å². The average molecular weight is 804 g/mol. The van der Waals surface area contributed by atoms with Crippen molar-refractivity contribution in [3.8, 4) is 11.4 Å². The first kappa shape index (κ1) is 36.2. The zero-order valence-electron chi connectivity index (χ0n) is 35.9. The van der Waals surface area contributed by atoms with Gasteiger partial charge in [-0.3, -0.25) is 0 Å². The van der Waals surface area contributed by atoms with Crippen LogP contribution in [0.2, 0.25) is 0 Å². The van der Waals surface area contributed by atoms with Crippen LogP contribution in [-0.4, -0.2) is 22.6 Å². The maximum Gasteiger partial charge on any atom is 0.247 e. The first-order chi connectivity index (χ1) is 31.0. The smallest absolute Gasteiger partial charge is 0.247 e. The van der Waals surface area contributed by atoms with E-state index >= 15 is 0 Å². The van der Waals surface area contributed by atoms with Crippen LogP contribution in [0.5, 0.6) is 0 Å². The van der Waals surface area contributed by atoms with E-state index in [2.05, 4.69) is 230 Å². The van der Waals surface area contributed by atoms with E-state index in [9.17, 15) is 0 Å². The minimum atomic E-state index is 0.0605. The molecule has 0 atom stereocenters. The van der Waals surface area contributed by atoms with E-state index in [4.69, 9.17) is 0 Å². The number of fused-ring (bicyclic) bond motifs is 10. The summed E-state index contributed by atoms with van der Waals surface area (Å²) in [5.74, 6) is 0. The standard InChI is InChI=1S/C58H43B2N3/c1-36-32-40(61-50-26-11-5-18-42(50)43-19-6-12-27-51(43)61)33-37(2)56(36)59-46-22-9-15-30-54(46)63-55-31-16-10-23-47(55)60(49-25-17-24-48(59)58(49)63)57-38(3)34-41(35-39(57)4)62-52-28-13-7-20-44(52)45-21-8-14-29-53(45)62/h5-35H,1-4H3. The number of anilines is 3. The van der Waals surface area contributed by atoms with Crippen LogP contribution in [0.3, 0.4) is 0 Å². The molecule has 0 aliphatic carbocycles. The second kappa shape index (κ2) is 13.5. The Labute approximate surface area is 368 Å². The molecule has 9 aromatic carbocycles. The second-order valence-corrected chi connectivity index (χ2v) is 17.8. The van der Waals surface area contributed by atoms with Gasteiger partial charge in [0.1, 0.15) is 0 Å². The van der Waals surface area contributed by atoms with Gasteiger partial charge in [-0.25, -0.2) is 0 Å². The number of nitrogens with zero attached hydrogens (tertiary/aromatic N) is 3. The molecule has 11 aromatic rings. The molecule has 296 valence electrons. The van der Waals surface area contributed by atoms with Gasteiger partial charge in [-0.15, -0.1) is 0 Å². The molecule has 2 aliphatic heterocycles. The van der Waals surface area contributed by atoms with Crippen LogP contribution >= 0.6 is 0 Å². The topological polar surface area (TPSA) is 13.1 Å². The molecule has 0 spiro atoms. The molecule has 0 saturated carbocycles. The molecule has 0 saturated heterocycles. The van der Waals surface area contributed by atoms with Crippen molar-refractivity contribution >= 4 is 107 Å². The molecular formula is C58H43B2N3. The number of hydrogen-bond donors (Lipinski definition) is 0. The van der Waals surface area contributed by atoms with Crippen molar-refractivity contribution < 1.29 is 0 Å². The average Bonchev–Trinajstić information content (AvgIpc) is 3.83. The predicted octanol–water partition coefficient (Wildman–Crippen LogP) is 10.2. The molecule has 4 heterocycles. The lowest BCUT2D eigenvalue weighted by molar-refractivity contribution is 1.16. The Balaban J connectivity index is 1.01. The monoisotopic (exact) mass is 803 g/mol. The van der Waals surface area contributed by atoms with E-state index in [0.29, 0.717) is 0 Å². The fourth-order valence-corrected chi connectivity index (χ4v) is 12.0. The summed E-state index contributed by atoms with van der Waals surface area (Å²) in [5.41, 5.74) is 24.6. The number of aromatic nitrogens is 2. The van der Waals surface area contributed by atoms with E-state index in [1.165, 1.54) is 127 Å². The minimum absolute atomic E-state index is 0.0605. The predicted molar refractivity (Wildman–Crippen MR) is 271 cm³/mol. The Kier molecular flexibility index (Phi) is 7.76. The normalized spacial score (nSPS) is 13.0. The van der Waals surface area contributed by atoms with Crippen molar-refractivity contribution in [2.24, 2.45) is 0 Å². The number of aryl methyl sites for hydroxylation is 4. The van der Waals surface area contributed by atoms with E-state index in [1.807, 2.05) is 0 Å². The quantitative estimate of drug-likeness (QED) is 0.162. The van der Waals surface area contributed by atoms with Gasteiger partial charge in [0.05, 0.1) is 22.1 Å². The Morgan fingerprint density at radius 2 is 0.619 bits per heavy atom. The molecule has 0 fully saturated rings. The lowest BCUT2D eigenvalue weighted by atomic mass is 9.29. The summed E-state index contributed by atoms with van der Waals surface area (Å²) in [7, 11) is 0. The molecule has 0 bridgehead atoms. The highest BCUT2D eigenvalue weighted by molar-refractivity contribution is 7.02. The summed E-state index contributed by atoms with van der Waals surface area (Å²) in [6.07, 6.45) is 0. The lowest BCUT2D eigenvalue weighted by Gasteiger charge is -2.44. The lowest BCUT2D eigenvalue weighted by Crippen LogP contribution is -2.66. The third-order valence-electron chi connectivity index (χ3n) is 14.3. The van der Waals surface area contributed by atoms with Crippen molar-refractivity contribution in [3.63, 3.8) is 0 Å². The summed E-state index contributed by atoms with van der Waals surface area (Å²) in [6.45, 7) is 9.43. The van der Waals surface area contributed by atoms with E-state index < -0.39 is 0 Å². The van der Waals surface area contributed by atoms with E-state index in [-0.39, 0.29) is 13.4 Å². The molecule has 3 nitrogen and oxygen atoms in total. The van der Waals surface area contributed by atoms with Crippen molar-refractivity contribution in [2.75, 3.05) is 4.90 Å². The Morgan fingerprint density at radius 3 is 0.984 bits per heavy atom. The molecule has 2 aliphatic rings. The summed E-state index contributed by atoms with van der Waals surface area (Å²) in [4.78, 5) is 2.58. The Bertz CT molecular complexity index is 3330. The largest absolute Gasteiger partial charge is 0.313 e. The summed E-state index contributed by atoms with van der Waals surface area (Å²) >= 11 is 0. The highest BCUT2D eigenvalue weighted by Crippen LogP contribution is 2.39. The van der Waals surface area contributed by atoms with Crippen molar-refractivity contribution in [2.45, 2.75) is 27.7 Å². The third-order valence-corrected chi connectivity index (χ3v) is 14.3. The van der Waals surface area contributed by atoms with E-state index in [0.717, 1.165) is 0 Å². The molecular weight excluding hydrogens is 760 g/mol. The molecule has 0 unspecified atom stereocenters. The Hall–Kier alpha value is -7.49. The van der Waals surface area contributed by atoms with Crippen LogP contribution in [-0.2, 0) is 0 Å². The van der Waals surface area contributed by atoms with Gasteiger partial charge in [0.15, 0.2) is 0 Å². The SMILES string of the molecule is Cc1cc(-n2c3ccccc3c3ccccc32)cc(C)c1B1c2ccccc2N2c3ccccc3B(c3c(C)cc(-n4c5ccccc5c5ccccc54)cc3C)c3cccc1c32. The van der Waals surface area contributed by atoms with Gasteiger partial charge < -0.3 is 14.0 Å². The molecule has 63 heavy (non-hydrogen) atoms. The summed E-state index contributed by atoms with van der Waals surface area (Å²) in [5, 5.41) is 5.13. The maximum absolute atomic E-state index is 2.58. The summed E-state index contributed by atoms with van der Waals surface area (Å²) < 4.78 is 4.90. The fourth-order valence-electron chi connectivity index (χ4n) is 12.0.